The molecule has 0 radical (unpaired) electrons. The van der Waals surface area contributed by atoms with E-state index in [0.717, 1.165) is 25.7 Å². The maximum Gasteiger partial charge on any atom is 0.220 e. The Bertz CT molecular complexity index is 350. The fourth-order valence-corrected chi connectivity index (χ4v) is 3.15. The molecule has 5 heteroatoms. The molecule has 0 aromatic heterocycles. The van der Waals surface area contributed by atoms with Crippen LogP contribution >= 0.6 is 0 Å². The van der Waals surface area contributed by atoms with Crippen molar-refractivity contribution in [3.8, 4) is 0 Å². The van der Waals surface area contributed by atoms with Crippen molar-refractivity contribution in [1.82, 2.24) is 15.5 Å². The minimum atomic E-state index is -0.0241. The fraction of sp³-hybridized carbons (Fsp3) is 0.889. The number of nitrogens with one attached hydrogen (secondary N) is 2. The number of hydrogen-bond donors (Lipinski definition) is 2. The second-order valence-electron chi connectivity index (χ2n) is 6.97. The van der Waals surface area contributed by atoms with Crippen molar-refractivity contribution in [2.24, 2.45) is 0 Å². The average Bonchev–Trinajstić information content (AvgIpc) is 2.77. The van der Waals surface area contributed by atoms with Gasteiger partial charge in [-0.1, -0.05) is 39.0 Å². The molecule has 2 N–H and O–H groups in total. The Hall–Kier alpha value is -1.10. The molecule has 0 saturated heterocycles. The van der Waals surface area contributed by atoms with Gasteiger partial charge in [0.25, 0.3) is 0 Å². The molecule has 1 aliphatic rings. The monoisotopic (exact) mass is 325 g/mol. The molecule has 0 aromatic rings. The van der Waals surface area contributed by atoms with Gasteiger partial charge in [-0.05, 0) is 33.4 Å². The summed E-state index contributed by atoms with van der Waals surface area (Å²) in [5.74, 6) is -0.00580. The molecule has 1 aliphatic carbocycles. The molecular formula is C18H35N3O2. The summed E-state index contributed by atoms with van der Waals surface area (Å²) in [5, 5.41) is 6.05. The molecule has 1 rings (SSSR count). The van der Waals surface area contributed by atoms with Crippen molar-refractivity contribution < 1.29 is 9.59 Å². The predicted octanol–water partition coefficient (Wildman–Crippen LogP) is 2.45. The van der Waals surface area contributed by atoms with Gasteiger partial charge < -0.3 is 15.5 Å². The van der Waals surface area contributed by atoms with Gasteiger partial charge in [-0.15, -0.1) is 0 Å². The van der Waals surface area contributed by atoms with Crippen LogP contribution in [0, 0.1) is 0 Å². The highest BCUT2D eigenvalue weighted by Crippen LogP contribution is 2.17. The Morgan fingerprint density at radius 3 is 2.22 bits per heavy atom. The van der Waals surface area contributed by atoms with Crippen LogP contribution in [-0.2, 0) is 9.59 Å². The van der Waals surface area contributed by atoms with Gasteiger partial charge in [-0.2, -0.15) is 0 Å². The van der Waals surface area contributed by atoms with Crippen molar-refractivity contribution >= 4 is 11.8 Å². The van der Waals surface area contributed by atoms with Crippen LogP contribution in [0.25, 0.3) is 0 Å². The molecule has 1 fully saturated rings. The van der Waals surface area contributed by atoms with Crippen LogP contribution in [-0.4, -0.2) is 49.4 Å². The number of amides is 2. The standard InChI is InChI=1S/C18H35N3O2/c1-4-9-16(21(2)3)14-19-17(22)12-13-18(23)20-15-10-7-5-6-8-11-15/h15-16H,4-14H2,1-3H3,(H,19,22)(H,20,23)/t16-/m0/s1. The van der Waals surface area contributed by atoms with E-state index in [9.17, 15) is 9.59 Å². The van der Waals surface area contributed by atoms with Gasteiger partial charge in [0.15, 0.2) is 0 Å². The topological polar surface area (TPSA) is 61.4 Å². The Morgan fingerprint density at radius 1 is 1.04 bits per heavy atom. The first-order valence-corrected chi connectivity index (χ1v) is 9.25. The van der Waals surface area contributed by atoms with E-state index < -0.39 is 0 Å². The van der Waals surface area contributed by atoms with Gasteiger partial charge in [0.2, 0.25) is 11.8 Å². The maximum atomic E-state index is 12.0. The van der Waals surface area contributed by atoms with Crippen LogP contribution in [0.1, 0.15) is 71.1 Å². The maximum absolute atomic E-state index is 12.0. The van der Waals surface area contributed by atoms with Crippen molar-refractivity contribution in [3.05, 3.63) is 0 Å². The molecule has 5 nitrogen and oxygen atoms in total. The van der Waals surface area contributed by atoms with Gasteiger partial charge in [0.05, 0.1) is 0 Å². The summed E-state index contributed by atoms with van der Waals surface area (Å²) < 4.78 is 0. The number of carbonyl (C=O) groups is 2. The molecule has 0 aliphatic heterocycles. The molecular weight excluding hydrogens is 290 g/mol. The largest absolute Gasteiger partial charge is 0.355 e. The Kier molecular flexibility index (Phi) is 9.92. The Balaban J connectivity index is 2.19. The van der Waals surface area contributed by atoms with E-state index in [4.69, 9.17) is 0 Å². The minimum absolute atomic E-state index is 0.0183. The van der Waals surface area contributed by atoms with Crippen LogP contribution in [0.4, 0.5) is 0 Å². The highest BCUT2D eigenvalue weighted by Gasteiger charge is 2.16. The van der Waals surface area contributed by atoms with Crippen molar-refractivity contribution in [2.45, 2.75) is 83.2 Å². The normalized spacial score (nSPS) is 17.6. The molecule has 0 spiro atoms. The van der Waals surface area contributed by atoms with E-state index in [0.29, 0.717) is 25.0 Å². The zero-order valence-corrected chi connectivity index (χ0v) is 15.2. The van der Waals surface area contributed by atoms with E-state index in [1.165, 1.54) is 25.7 Å². The van der Waals surface area contributed by atoms with E-state index >= 15 is 0 Å². The van der Waals surface area contributed by atoms with Crippen molar-refractivity contribution in [1.29, 1.82) is 0 Å². The summed E-state index contributed by atoms with van der Waals surface area (Å²) in [6.45, 7) is 2.81. The molecule has 0 bridgehead atoms. The SMILES string of the molecule is CCC[C@@H](CNC(=O)CCC(=O)NC1CCCCCC1)N(C)C. The second-order valence-corrected chi connectivity index (χ2v) is 6.97. The molecule has 0 heterocycles. The van der Waals surface area contributed by atoms with E-state index in [-0.39, 0.29) is 18.2 Å². The lowest BCUT2D eigenvalue weighted by atomic mass is 10.1. The van der Waals surface area contributed by atoms with Crippen LogP contribution in [0.3, 0.4) is 0 Å². The van der Waals surface area contributed by atoms with Crippen LogP contribution in [0.5, 0.6) is 0 Å². The average molecular weight is 325 g/mol. The number of carbonyl (C=O) groups excluding carboxylic acids is 2. The lowest BCUT2D eigenvalue weighted by molar-refractivity contribution is -0.127. The zero-order valence-electron chi connectivity index (χ0n) is 15.2. The summed E-state index contributed by atoms with van der Waals surface area (Å²) in [7, 11) is 4.07. The predicted molar refractivity (Wildman–Crippen MR) is 94.3 cm³/mol. The van der Waals surface area contributed by atoms with E-state index in [1.54, 1.807) is 0 Å². The summed E-state index contributed by atoms with van der Waals surface area (Å²) in [4.78, 5) is 26.0. The summed E-state index contributed by atoms with van der Waals surface area (Å²) in [6.07, 6.45) is 9.87. The van der Waals surface area contributed by atoms with Gasteiger partial charge in [0, 0.05) is 31.5 Å². The van der Waals surface area contributed by atoms with Crippen LogP contribution in [0.15, 0.2) is 0 Å². The second kappa shape index (κ2) is 11.4. The first-order valence-electron chi connectivity index (χ1n) is 9.25. The van der Waals surface area contributed by atoms with Gasteiger partial charge >= 0.3 is 0 Å². The number of rotatable bonds is 9. The minimum Gasteiger partial charge on any atom is -0.355 e. The zero-order chi connectivity index (χ0) is 17.1. The highest BCUT2D eigenvalue weighted by molar-refractivity contribution is 5.83. The Morgan fingerprint density at radius 2 is 1.65 bits per heavy atom. The lowest BCUT2D eigenvalue weighted by Crippen LogP contribution is -2.40. The number of likely N-dealkylation sites (N-methyl/N-ethyl adjacent to an activating group) is 1. The smallest absolute Gasteiger partial charge is 0.220 e. The third kappa shape index (κ3) is 8.94. The lowest BCUT2D eigenvalue weighted by Gasteiger charge is -2.24. The first-order chi connectivity index (χ1) is 11.0. The van der Waals surface area contributed by atoms with Gasteiger partial charge in [-0.3, -0.25) is 9.59 Å². The van der Waals surface area contributed by atoms with Crippen LogP contribution in [0.2, 0.25) is 0 Å². The summed E-state index contributed by atoms with van der Waals surface area (Å²) in [5.41, 5.74) is 0. The molecule has 0 unspecified atom stereocenters. The van der Waals surface area contributed by atoms with Gasteiger partial charge in [0.1, 0.15) is 0 Å². The Labute approximate surface area is 141 Å². The molecule has 134 valence electrons. The molecule has 1 saturated carbocycles. The number of hydrogen-bond acceptors (Lipinski definition) is 3. The first kappa shape index (κ1) is 19.9. The summed E-state index contributed by atoms with van der Waals surface area (Å²) >= 11 is 0. The number of nitrogens with zero attached hydrogens (tertiary/aromatic N) is 1. The molecule has 23 heavy (non-hydrogen) atoms. The van der Waals surface area contributed by atoms with Gasteiger partial charge in [-0.25, -0.2) is 0 Å². The third-order valence-corrected chi connectivity index (χ3v) is 4.69. The quantitative estimate of drug-likeness (QED) is 0.640. The molecule has 0 aromatic carbocycles. The molecule has 1 atom stereocenters. The summed E-state index contributed by atoms with van der Waals surface area (Å²) in [6, 6.07) is 0.680. The van der Waals surface area contributed by atoms with Crippen molar-refractivity contribution in [3.63, 3.8) is 0 Å². The van der Waals surface area contributed by atoms with Crippen molar-refractivity contribution in [2.75, 3.05) is 20.6 Å². The van der Waals surface area contributed by atoms with Crippen LogP contribution < -0.4 is 10.6 Å². The highest BCUT2D eigenvalue weighted by atomic mass is 16.2. The molecule has 2 amide bonds. The fourth-order valence-electron chi connectivity index (χ4n) is 3.15. The van der Waals surface area contributed by atoms with E-state index in [1.807, 2.05) is 14.1 Å². The van der Waals surface area contributed by atoms with E-state index in [2.05, 4.69) is 22.5 Å². The third-order valence-electron chi connectivity index (χ3n) is 4.69.